The van der Waals surface area contributed by atoms with Crippen molar-refractivity contribution in [3.05, 3.63) is 214 Å². The number of ether oxygens (including phenoxy) is 3. The Labute approximate surface area is 381 Å². The van der Waals surface area contributed by atoms with E-state index in [1.165, 1.54) is 38.1 Å². The summed E-state index contributed by atoms with van der Waals surface area (Å²) in [5.74, 6) is -5.94. The maximum Gasteiger partial charge on any atom is 0.461 e. The Hall–Kier alpha value is -7.33. The topological polar surface area (TPSA) is 92.2 Å². The Morgan fingerprint density at radius 2 is 0.912 bits per heavy atom. The lowest BCUT2D eigenvalue weighted by Gasteiger charge is -2.32. The lowest BCUT2D eigenvalue weighted by Crippen LogP contribution is -2.40. The molecular formula is C49H38F12N2O5. The molecule has 6 aromatic carbocycles. The second-order valence-corrected chi connectivity index (χ2v) is 14.6. The molecule has 0 spiro atoms. The number of alkyl halides is 8. The predicted molar refractivity (Wildman–Crippen MR) is 224 cm³/mol. The van der Waals surface area contributed by atoms with Crippen LogP contribution in [0.15, 0.2) is 146 Å². The molecule has 6 rings (SSSR count). The van der Waals surface area contributed by atoms with E-state index < -0.39 is 82.9 Å². The summed E-state index contributed by atoms with van der Waals surface area (Å²) in [5, 5.41) is 0. The van der Waals surface area contributed by atoms with Gasteiger partial charge in [-0.15, -0.1) is 0 Å². The van der Waals surface area contributed by atoms with Crippen LogP contribution >= 0.6 is 0 Å². The van der Waals surface area contributed by atoms with E-state index in [1.54, 1.807) is 60.7 Å². The number of hydrogen-bond acceptors (Lipinski definition) is 6. The first-order valence-corrected chi connectivity index (χ1v) is 19.7. The van der Waals surface area contributed by atoms with Gasteiger partial charge in [0.25, 0.3) is 5.54 Å². The van der Waals surface area contributed by atoms with Gasteiger partial charge in [-0.2, -0.15) is 35.1 Å². The highest BCUT2D eigenvalue weighted by Crippen LogP contribution is 2.41. The molecule has 0 saturated heterocycles. The van der Waals surface area contributed by atoms with E-state index in [1.807, 2.05) is 0 Å². The minimum Gasteiger partial charge on any atom is -0.428 e. The van der Waals surface area contributed by atoms with Crippen molar-refractivity contribution in [1.82, 2.24) is 0 Å². The van der Waals surface area contributed by atoms with Crippen molar-refractivity contribution < 1.29 is 76.5 Å². The SMILES string of the molecule is CC(=O)OC(C)=O.N[C@](Cc1ccccc1)(c1ccc(F)cc1)c1cc(F)cc(OC(F)(F)C(F)F)c1.[C-]#[N+][C@](Cc1ccccc1)(c1ccc(F)cc1)c1cc(F)cc(OC(F)(F)C(F)F)c1. The number of hydrogen-bond donors (Lipinski definition) is 1. The summed E-state index contributed by atoms with van der Waals surface area (Å²) in [6.07, 6.45) is -17.8. The van der Waals surface area contributed by atoms with Crippen LogP contribution < -0.4 is 15.2 Å². The molecule has 0 aliphatic heterocycles. The summed E-state index contributed by atoms with van der Waals surface area (Å²) < 4.78 is 171. The zero-order valence-electron chi connectivity index (χ0n) is 35.5. The maximum atomic E-state index is 14.3. The number of nitrogens with two attached hydrogens (primary N) is 1. The fourth-order valence-electron chi connectivity index (χ4n) is 6.54. The van der Waals surface area contributed by atoms with Gasteiger partial charge in [-0.05, 0) is 89.3 Å². The van der Waals surface area contributed by atoms with E-state index in [9.17, 15) is 62.3 Å². The lowest BCUT2D eigenvalue weighted by atomic mass is 9.78. The Balaban J connectivity index is 0.000000260. The molecule has 0 radical (unpaired) electrons. The van der Waals surface area contributed by atoms with Crippen molar-refractivity contribution in [2.45, 2.75) is 62.8 Å². The van der Waals surface area contributed by atoms with Crippen LogP contribution in [-0.2, 0) is 38.2 Å². The maximum absolute atomic E-state index is 14.3. The molecule has 0 unspecified atom stereocenters. The van der Waals surface area contributed by atoms with E-state index in [0.29, 0.717) is 23.3 Å². The first-order chi connectivity index (χ1) is 31.9. The Kier molecular flexibility index (Phi) is 18.0. The summed E-state index contributed by atoms with van der Waals surface area (Å²) >= 11 is 0. The van der Waals surface area contributed by atoms with Crippen molar-refractivity contribution in [3.63, 3.8) is 0 Å². The van der Waals surface area contributed by atoms with Gasteiger partial charge in [0.2, 0.25) is 0 Å². The molecule has 0 aliphatic rings. The first kappa shape index (κ1) is 53.3. The van der Waals surface area contributed by atoms with Crippen LogP contribution in [0.5, 0.6) is 11.5 Å². The predicted octanol–water partition coefficient (Wildman–Crippen LogP) is 12.3. The van der Waals surface area contributed by atoms with Crippen LogP contribution in [0.4, 0.5) is 52.7 Å². The van der Waals surface area contributed by atoms with Gasteiger partial charge >= 0.3 is 37.0 Å². The number of benzene rings is 6. The standard InChI is InChI=1S/C23H15F6NO.C22H17F6NO.C4H6O3/c1-30-22(14-15-5-3-2-4-6-15,16-7-9-18(24)10-8-16)17-11-19(25)13-20(12-17)31-23(28,29)21(26)27;23-17-8-6-15(7-9-17)21(29,13-14-4-2-1-3-5-14)16-10-18(24)12-19(11-16)30-22(27,28)20(25)26;1-3(5)7-4(2)6/h2-13,21H,14H2;1-12,20H,13,29H2;1-2H3/t22-;21-;/m11./s1. The molecule has 6 aromatic rings. The molecule has 19 heteroatoms. The second kappa shape index (κ2) is 22.9. The molecule has 2 N–H and O–H groups in total. The van der Waals surface area contributed by atoms with E-state index in [2.05, 4.69) is 19.1 Å². The largest absolute Gasteiger partial charge is 0.461 e. The van der Waals surface area contributed by atoms with E-state index in [-0.39, 0.29) is 29.5 Å². The summed E-state index contributed by atoms with van der Waals surface area (Å²) in [5.41, 5.74) is 5.38. The van der Waals surface area contributed by atoms with Gasteiger partial charge in [-0.3, -0.25) is 14.4 Å². The molecule has 0 fully saturated rings. The zero-order chi connectivity index (χ0) is 50.5. The number of esters is 2. The average molecular weight is 963 g/mol. The number of nitrogens with zero attached hydrogens (tertiary/aromatic N) is 1. The second-order valence-electron chi connectivity index (χ2n) is 14.6. The molecule has 0 amide bonds. The van der Waals surface area contributed by atoms with Crippen molar-refractivity contribution >= 4 is 11.9 Å². The van der Waals surface area contributed by atoms with Crippen molar-refractivity contribution in [2.75, 3.05) is 0 Å². The Morgan fingerprint density at radius 3 is 1.29 bits per heavy atom. The van der Waals surface area contributed by atoms with E-state index >= 15 is 0 Å². The highest BCUT2D eigenvalue weighted by Gasteiger charge is 2.47. The van der Waals surface area contributed by atoms with E-state index in [4.69, 9.17) is 12.3 Å². The van der Waals surface area contributed by atoms with Crippen LogP contribution in [0.25, 0.3) is 4.85 Å². The minimum atomic E-state index is -4.85. The summed E-state index contributed by atoms with van der Waals surface area (Å²) in [6, 6.07) is 32.3. The van der Waals surface area contributed by atoms with E-state index in [0.717, 1.165) is 54.1 Å². The highest BCUT2D eigenvalue weighted by atomic mass is 19.3. The molecule has 0 aliphatic carbocycles. The molecule has 7 nitrogen and oxygen atoms in total. The quantitative estimate of drug-likeness (QED) is 0.0506. The number of carbonyl (C=O) groups is 2. The minimum absolute atomic E-state index is 0.00183. The Morgan fingerprint density at radius 1 is 0.529 bits per heavy atom. The van der Waals surface area contributed by atoms with Gasteiger partial charge in [-0.25, -0.2) is 24.1 Å². The fourth-order valence-corrected chi connectivity index (χ4v) is 6.54. The average Bonchev–Trinajstić information content (AvgIpc) is 3.26. The third kappa shape index (κ3) is 14.6. The van der Waals surface area contributed by atoms with Crippen molar-refractivity contribution in [2.24, 2.45) is 5.73 Å². The summed E-state index contributed by atoms with van der Waals surface area (Å²) in [7, 11) is 0. The van der Waals surface area contributed by atoms with Crippen LogP contribution in [-0.4, -0.2) is 37.0 Å². The van der Waals surface area contributed by atoms with Crippen LogP contribution in [0.2, 0.25) is 0 Å². The van der Waals surface area contributed by atoms with Gasteiger partial charge in [-0.1, -0.05) is 72.8 Å². The number of carbonyl (C=O) groups excluding carboxylic acids is 2. The third-order valence-corrected chi connectivity index (χ3v) is 9.54. The normalized spacial score (nSPS) is 13.1. The Bertz CT molecular complexity index is 2640. The molecule has 0 saturated carbocycles. The molecule has 2 atom stereocenters. The van der Waals surface area contributed by atoms with Crippen molar-refractivity contribution in [3.8, 4) is 11.5 Å². The van der Waals surface area contributed by atoms with Gasteiger partial charge in [0.15, 0.2) is 0 Å². The molecule has 358 valence electrons. The third-order valence-electron chi connectivity index (χ3n) is 9.54. The molecular weight excluding hydrogens is 925 g/mol. The van der Waals surface area contributed by atoms with Crippen LogP contribution in [0.3, 0.4) is 0 Å². The van der Waals surface area contributed by atoms with Crippen molar-refractivity contribution in [1.29, 1.82) is 0 Å². The molecule has 0 aromatic heterocycles. The van der Waals surface area contributed by atoms with Crippen LogP contribution in [0, 0.1) is 29.8 Å². The summed E-state index contributed by atoms with van der Waals surface area (Å²) in [4.78, 5) is 23.3. The molecule has 0 bridgehead atoms. The van der Waals surface area contributed by atoms with Crippen LogP contribution in [0.1, 0.15) is 47.2 Å². The van der Waals surface area contributed by atoms with Gasteiger partial charge in [0.1, 0.15) is 34.8 Å². The smallest absolute Gasteiger partial charge is 0.428 e. The highest BCUT2D eigenvalue weighted by molar-refractivity contribution is 5.82. The monoisotopic (exact) mass is 962 g/mol. The number of halogens is 12. The lowest BCUT2D eigenvalue weighted by molar-refractivity contribution is -0.253. The summed E-state index contributed by atoms with van der Waals surface area (Å²) in [6.45, 7) is 10.2. The number of rotatable bonds is 14. The fraction of sp³-hybridized carbons (Fsp3) is 0.204. The zero-order valence-corrected chi connectivity index (χ0v) is 35.5. The first-order valence-electron chi connectivity index (χ1n) is 19.7. The van der Waals surface area contributed by atoms with Gasteiger partial charge in [0.05, 0.1) is 12.0 Å². The molecule has 68 heavy (non-hydrogen) atoms. The van der Waals surface area contributed by atoms with Gasteiger partial charge < -0.3 is 19.9 Å². The van der Waals surface area contributed by atoms with Gasteiger partial charge in [0, 0.05) is 37.1 Å². The molecule has 0 heterocycles.